The van der Waals surface area contributed by atoms with Gasteiger partial charge in [-0.1, -0.05) is 26.0 Å². The molecule has 0 spiro atoms. The Kier molecular flexibility index (Phi) is 7.13. The Morgan fingerprint density at radius 2 is 1.69 bits per heavy atom. The van der Waals surface area contributed by atoms with Gasteiger partial charge in [-0.15, -0.1) is 0 Å². The van der Waals surface area contributed by atoms with Crippen LogP contribution in [0, 0.1) is 11.8 Å². The zero-order chi connectivity index (χ0) is 22.7. The zero-order valence-electron chi connectivity index (χ0n) is 19.5. The van der Waals surface area contributed by atoms with E-state index in [1.54, 1.807) is 0 Å². The average molecular weight is 441 g/mol. The fourth-order valence-corrected chi connectivity index (χ4v) is 5.34. The first kappa shape index (κ1) is 22.8. The average Bonchev–Trinajstić information content (AvgIpc) is 3.17. The lowest BCUT2D eigenvalue weighted by Crippen LogP contribution is -2.53. The molecule has 2 atom stereocenters. The Morgan fingerprint density at radius 3 is 2.34 bits per heavy atom. The van der Waals surface area contributed by atoms with Gasteiger partial charge in [-0.05, 0) is 42.4 Å². The van der Waals surface area contributed by atoms with Crippen LogP contribution in [0.5, 0.6) is 0 Å². The van der Waals surface area contributed by atoms with Gasteiger partial charge in [-0.2, -0.15) is 0 Å². The molecule has 3 saturated heterocycles. The van der Waals surface area contributed by atoms with Crippen molar-refractivity contribution in [1.29, 1.82) is 0 Å². The maximum Gasteiger partial charge on any atom is 0.253 e. The van der Waals surface area contributed by atoms with Crippen molar-refractivity contribution in [2.24, 2.45) is 11.8 Å². The number of piperazine rings is 1. The van der Waals surface area contributed by atoms with E-state index in [4.69, 9.17) is 0 Å². The SMILES string of the molecule is C[C@H]1C[C@H](C)CN(C(=O)CN2CCN(C(=O)c3cccc(CN4CCCC4=O)c3)CC2)C1. The topological polar surface area (TPSA) is 64.2 Å². The quantitative estimate of drug-likeness (QED) is 0.703. The second kappa shape index (κ2) is 10.0. The molecule has 0 aromatic heterocycles. The van der Waals surface area contributed by atoms with Crippen LogP contribution in [0.25, 0.3) is 0 Å². The molecule has 3 amide bonds. The zero-order valence-corrected chi connectivity index (χ0v) is 19.5. The molecule has 0 saturated carbocycles. The van der Waals surface area contributed by atoms with E-state index in [0.29, 0.717) is 50.0 Å². The van der Waals surface area contributed by atoms with Crippen LogP contribution in [0.4, 0.5) is 0 Å². The predicted octanol–water partition coefficient (Wildman–Crippen LogP) is 2.07. The normalized spacial score (nSPS) is 24.8. The van der Waals surface area contributed by atoms with Gasteiger partial charge in [-0.3, -0.25) is 19.3 Å². The largest absolute Gasteiger partial charge is 0.341 e. The summed E-state index contributed by atoms with van der Waals surface area (Å²) in [4.78, 5) is 45.7. The highest BCUT2D eigenvalue weighted by molar-refractivity contribution is 5.94. The van der Waals surface area contributed by atoms with Crippen molar-refractivity contribution in [3.8, 4) is 0 Å². The fourth-order valence-electron chi connectivity index (χ4n) is 5.34. The fraction of sp³-hybridized carbons (Fsp3) is 0.640. The maximum atomic E-state index is 13.1. The second-order valence-corrected chi connectivity index (χ2v) is 9.93. The van der Waals surface area contributed by atoms with Crippen molar-refractivity contribution in [3.05, 3.63) is 35.4 Å². The highest BCUT2D eigenvalue weighted by Crippen LogP contribution is 2.21. The molecule has 174 valence electrons. The van der Waals surface area contributed by atoms with Crippen molar-refractivity contribution in [2.75, 3.05) is 52.4 Å². The van der Waals surface area contributed by atoms with E-state index in [2.05, 4.69) is 18.7 Å². The van der Waals surface area contributed by atoms with Crippen LogP contribution in [0.15, 0.2) is 24.3 Å². The van der Waals surface area contributed by atoms with Crippen molar-refractivity contribution < 1.29 is 14.4 Å². The predicted molar refractivity (Wildman–Crippen MR) is 123 cm³/mol. The van der Waals surface area contributed by atoms with E-state index in [9.17, 15) is 14.4 Å². The molecule has 7 nitrogen and oxygen atoms in total. The van der Waals surface area contributed by atoms with Crippen LogP contribution in [0.3, 0.4) is 0 Å². The second-order valence-electron chi connectivity index (χ2n) is 9.93. The number of nitrogens with zero attached hydrogens (tertiary/aromatic N) is 4. The Balaban J connectivity index is 1.27. The molecule has 0 bridgehead atoms. The summed E-state index contributed by atoms with van der Waals surface area (Å²) >= 11 is 0. The van der Waals surface area contributed by atoms with Gasteiger partial charge in [0.05, 0.1) is 6.54 Å². The summed E-state index contributed by atoms with van der Waals surface area (Å²) in [5, 5.41) is 0. The highest BCUT2D eigenvalue weighted by Gasteiger charge is 2.28. The van der Waals surface area contributed by atoms with Crippen LogP contribution < -0.4 is 0 Å². The number of rotatable bonds is 5. The molecule has 0 unspecified atom stereocenters. The van der Waals surface area contributed by atoms with E-state index in [0.717, 1.165) is 44.7 Å². The first-order valence-corrected chi connectivity index (χ1v) is 12.0. The number of carbonyl (C=O) groups excluding carboxylic acids is 3. The third kappa shape index (κ3) is 5.49. The van der Waals surface area contributed by atoms with Gasteiger partial charge in [0.1, 0.15) is 0 Å². The van der Waals surface area contributed by atoms with Gasteiger partial charge in [0, 0.05) is 64.3 Å². The van der Waals surface area contributed by atoms with E-state index >= 15 is 0 Å². The molecular weight excluding hydrogens is 404 g/mol. The van der Waals surface area contributed by atoms with Crippen LogP contribution in [-0.4, -0.2) is 89.7 Å². The number of hydrogen-bond acceptors (Lipinski definition) is 4. The number of carbonyl (C=O) groups is 3. The van der Waals surface area contributed by atoms with Crippen molar-refractivity contribution in [2.45, 2.75) is 39.7 Å². The Labute approximate surface area is 191 Å². The number of amides is 3. The van der Waals surface area contributed by atoms with Crippen molar-refractivity contribution >= 4 is 17.7 Å². The summed E-state index contributed by atoms with van der Waals surface area (Å²) in [5.74, 6) is 1.57. The molecule has 32 heavy (non-hydrogen) atoms. The van der Waals surface area contributed by atoms with E-state index in [-0.39, 0.29) is 17.7 Å². The minimum atomic E-state index is 0.0317. The van der Waals surface area contributed by atoms with Crippen LogP contribution >= 0.6 is 0 Å². The molecule has 1 aromatic rings. The third-order valence-corrected chi connectivity index (χ3v) is 6.96. The van der Waals surface area contributed by atoms with Crippen molar-refractivity contribution in [3.63, 3.8) is 0 Å². The van der Waals surface area contributed by atoms with Gasteiger partial charge >= 0.3 is 0 Å². The van der Waals surface area contributed by atoms with E-state index in [1.165, 1.54) is 6.42 Å². The number of piperidine rings is 1. The summed E-state index contributed by atoms with van der Waals surface area (Å²) in [7, 11) is 0. The first-order chi connectivity index (χ1) is 15.4. The lowest BCUT2D eigenvalue weighted by atomic mass is 9.92. The molecule has 0 N–H and O–H groups in total. The Bertz CT molecular complexity index is 839. The highest BCUT2D eigenvalue weighted by atomic mass is 16.2. The molecule has 0 aliphatic carbocycles. The molecule has 1 aromatic carbocycles. The standard InChI is InChI=1S/C25H36N4O3/c1-19-13-20(2)16-29(15-19)24(31)18-26-9-11-27(12-10-26)25(32)22-6-3-5-21(14-22)17-28-8-4-7-23(28)30/h3,5-6,14,19-20H,4,7-13,15-18H2,1-2H3/t19-,20-/m0/s1. The third-order valence-electron chi connectivity index (χ3n) is 6.96. The maximum absolute atomic E-state index is 13.1. The molecular formula is C25H36N4O3. The monoisotopic (exact) mass is 440 g/mol. The van der Waals surface area contributed by atoms with Gasteiger partial charge < -0.3 is 14.7 Å². The molecule has 3 fully saturated rings. The summed E-state index contributed by atoms with van der Waals surface area (Å²) in [6, 6.07) is 7.65. The van der Waals surface area contributed by atoms with Gasteiger partial charge in [0.25, 0.3) is 5.91 Å². The van der Waals surface area contributed by atoms with Crippen molar-refractivity contribution in [1.82, 2.24) is 19.6 Å². The minimum Gasteiger partial charge on any atom is -0.341 e. The van der Waals surface area contributed by atoms with Gasteiger partial charge in [-0.25, -0.2) is 0 Å². The summed E-state index contributed by atoms with van der Waals surface area (Å²) < 4.78 is 0. The van der Waals surface area contributed by atoms with E-state index in [1.807, 2.05) is 39.0 Å². The number of likely N-dealkylation sites (tertiary alicyclic amines) is 2. The Morgan fingerprint density at radius 1 is 0.969 bits per heavy atom. The van der Waals surface area contributed by atoms with Crippen LogP contribution in [-0.2, 0) is 16.1 Å². The molecule has 3 heterocycles. The van der Waals surface area contributed by atoms with Crippen LogP contribution in [0.2, 0.25) is 0 Å². The molecule has 3 aliphatic heterocycles. The summed E-state index contributed by atoms with van der Waals surface area (Å²) in [6.07, 6.45) is 2.74. The molecule has 3 aliphatic rings. The smallest absolute Gasteiger partial charge is 0.253 e. The molecule has 7 heteroatoms. The molecule has 4 rings (SSSR count). The molecule has 0 radical (unpaired) electrons. The van der Waals surface area contributed by atoms with Gasteiger partial charge in [0.15, 0.2) is 0 Å². The van der Waals surface area contributed by atoms with Gasteiger partial charge in [0.2, 0.25) is 11.8 Å². The summed E-state index contributed by atoms with van der Waals surface area (Å²) in [6.45, 7) is 10.7. The lowest BCUT2D eigenvalue weighted by molar-refractivity contribution is -0.135. The minimum absolute atomic E-state index is 0.0317. The number of benzene rings is 1. The Hall–Kier alpha value is -2.41. The lowest BCUT2D eigenvalue weighted by Gasteiger charge is -2.38. The number of hydrogen-bond donors (Lipinski definition) is 0. The van der Waals surface area contributed by atoms with E-state index < -0.39 is 0 Å². The van der Waals surface area contributed by atoms with Crippen LogP contribution in [0.1, 0.15) is 49.0 Å². The first-order valence-electron chi connectivity index (χ1n) is 12.0. The summed E-state index contributed by atoms with van der Waals surface area (Å²) in [5.41, 5.74) is 1.68.